The van der Waals surface area contributed by atoms with Crippen LogP contribution in [0.5, 0.6) is 11.5 Å². The molecule has 0 saturated carbocycles. The monoisotopic (exact) mass is 633 g/mol. The zero-order valence-corrected chi connectivity index (χ0v) is 26.0. The molecule has 0 aliphatic carbocycles. The highest BCUT2D eigenvalue weighted by Gasteiger charge is 2.61. The standard InChI is InChI=1S/C20H21FN2O4.C14H15NO4/c1-25-11-20(12-26-2)19(24)18(23-15-6-4-14(21)5-7-15)16-9-13(10-22)3-8-17(16)27-20;1-16-7-14(8-17-2)13-12(18-13)10-5-9(6-15)3-4-11(10)19-14/h3-9,18-19,23-24H,11-12H2,1-2H3;3-5,12-13H,7-8H2,1-2H3/t18-,19+;12-,13-/m10/s1. The quantitative estimate of drug-likeness (QED) is 0.312. The lowest BCUT2D eigenvalue weighted by Gasteiger charge is -2.45. The van der Waals surface area contributed by atoms with E-state index in [-0.39, 0.29) is 31.2 Å². The zero-order valence-electron chi connectivity index (χ0n) is 26.0. The average molecular weight is 634 g/mol. The minimum atomic E-state index is -1.14. The lowest BCUT2D eigenvalue weighted by Crippen LogP contribution is -2.60. The fourth-order valence-electron chi connectivity index (χ4n) is 6.06. The van der Waals surface area contributed by atoms with E-state index >= 15 is 0 Å². The molecular formula is C34H36FN3O8. The molecule has 6 rings (SSSR count). The van der Waals surface area contributed by atoms with Gasteiger partial charge in [-0.1, -0.05) is 0 Å². The molecule has 3 aromatic carbocycles. The van der Waals surface area contributed by atoms with E-state index in [1.165, 1.54) is 26.4 Å². The number of nitrogens with zero attached hydrogens (tertiary/aromatic N) is 2. The van der Waals surface area contributed by atoms with Crippen molar-refractivity contribution in [2.75, 3.05) is 60.2 Å². The minimum Gasteiger partial charge on any atom is -0.479 e. The van der Waals surface area contributed by atoms with Crippen molar-refractivity contribution >= 4 is 5.69 Å². The number of benzene rings is 3. The largest absolute Gasteiger partial charge is 0.479 e. The maximum absolute atomic E-state index is 13.2. The second-order valence-electron chi connectivity index (χ2n) is 11.3. The van der Waals surface area contributed by atoms with E-state index in [1.54, 1.807) is 50.6 Å². The van der Waals surface area contributed by atoms with Crippen LogP contribution in [0, 0.1) is 28.5 Å². The van der Waals surface area contributed by atoms with Crippen LogP contribution in [0.3, 0.4) is 0 Å². The van der Waals surface area contributed by atoms with Gasteiger partial charge in [-0.25, -0.2) is 4.39 Å². The van der Waals surface area contributed by atoms with Gasteiger partial charge in [0.25, 0.3) is 0 Å². The first-order valence-corrected chi connectivity index (χ1v) is 14.5. The number of methoxy groups -OCH3 is 4. The van der Waals surface area contributed by atoms with Gasteiger partial charge in [0, 0.05) is 45.3 Å². The van der Waals surface area contributed by atoms with Crippen molar-refractivity contribution in [1.82, 2.24) is 0 Å². The summed E-state index contributed by atoms with van der Waals surface area (Å²) in [7, 11) is 6.30. The first-order chi connectivity index (χ1) is 22.3. The Hall–Kier alpha value is -4.27. The molecule has 0 radical (unpaired) electrons. The predicted molar refractivity (Wildman–Crippen MR) is 163 cm³/mol. The number of fused-ring (bicyclic) bond motifs is 4. The number of hydrogen-bond donors (Lipinski definition) is 2. The molecule has 0 amide bonds. The Kier molecular flexibility index (Phi) is 10.1. The number of aliphatic hydroxyl groups is 1. The SMILES string of the molecule is COCC1(COC)Oc2ccc(C#N)cc2[C@@H](Nc2ccc(F)cc2)[C@@H]1O.COCC1(COC)Oc2ccc(C#N)cc2[C@@H]2O[C@@H]21. The number of hydrogen-bond acceptors (Lipinski definition) is 11. The molecule has 3 heterocycles. The Bertz CT molecular complexity index is 1590. The Balaban J connectivity index is 0.000000192. The third kappa shape index (κ3) is 6.50. The highest BCUT2D eigenvalue weighted by atomic mass is 19.1. The summed E-state index contributed by atoms with van der Waals surface area (Å²) in [6.07, 6.45) is -1.15. The van der Waals surface area contributed by atoms with Gasteiger partial charge in [-0.05, 0) is 60.7 Å². The van der Waals surface area contributed by atoms with E-state index in [0.29, 0.717) is 41.3 Å². The summed E-state index contributed by atoms with van der Waals surface area (Å²) in [5.74, 6) is 0.910. The Morgan fingerprint density at radius 3 is 1.80 bits per heavy atom. The lowest BCUT2D eigenvalue weighted by molar-refractivity contribution is -0.142. The van der Waals surface area contributed by atoms with Crippen molar-refractivity contribution in [2.45, 2.75) is 35.6 Å². The number of epoxide rings is 1. The van der Waals surface area contributed by atoms with E-state index in [9.17, 15) is 14.8 Å². The van der Waals surface area contributed by atoms with E-state index < -0.39 is 23.3 Å². The van der Waals surface area contributed by atoms with Crippen molar-refractivity contribution in [3.8, 4) is 23.6 Å². The van der Waals surface area contributed by atoms with E-state index in [4.69, 9.17) is 38.4 Å². The van der Waals surface area contributed by atoms with Gasteiger partial charge in [-0.3, -0.25) is 0 Å². The maximum Gasteiger partial charge on any atom is 0.184 e. The molecule has 3 aromatic rings. The number of rotatable bonds is 10. The van der Waals surface area contributed by atoms with Crippen molar-refractivity contribution in [3.05, 3.63) is 88.7 Å². The van der Waals surface area contributed by atoms with Crippen molar-refractivity contribution < 1.29 is 42.7 Å². The first kappa shape index (κ1) is 33.1. The van der Waals surface area contributed by atoms with Crippen LogP contribution in [-0.2, 0) is 23.7 Å². The summed E-state index contributed by atoms with van der Waals surface area (Å²) in [5.41, 5.74) is 1.52. The van der Waals surface area contributed by atoms with Crippen molar-refractivity contribution in [3.63, 3.8) is 0 Å². The van der Waals surface area contributed by atoms with Crippen LogP contribution in [0.4, 0.5) is 10.1 Å². The molecule has 0 bridgehead atoms. The second kappa shape index (κ2) is 14.0. The first-order valence-electron chi connectivity index (χ1n) is 14.5. The number of aliphatic hydroxyl groups excluding tert-OH is 1. The number of nitrogens with one attached hydrogen (secondary N) is 1. The van der Waals surface area contributed by atoms with Gasteiger partial charge in [0.05, 0.1) is 55.7 Å². The fraction of sp³-hybridized carbons (Fsp3) is 0.412. The number of ether oxygens (including phenoxy) is 7. The van der Waals surface area contributed by atoms with E-state index in [0.717, 1.165) is 11.3 Å². The molecule has 46 heavy (non-hydrogen) atoms. The zero-order chi connectivity index (χ0) is 32.9. The van der Waals surface area contributed by atoms with Gasteiger partial charge in [0.15, 0.2) is 11.2 Å². The molecule has 4 atom stereocenters. The molecule has 12 heteroatoms. The summed E-state index contributed by atoms with van der Waals surface area (Å²) in [6.45, 7) is 1.01. The van der Waals surface area contributed by atoms with Crippen molar-refractivity contribution in [1.29, 1.82) is 10.5 Å². The highest BCUT2D eigenvalue weighted by molar-refractivity contribution is 5.53. The topological polar surface area (TPSA) is 148 Å². The average Bonchev–Trinajstić information content (AvgIpc) is 3.88. The maximum atomic E-state index is 13.2. The van der Waals surface area contributed by atoms with Crippen LogP contribution >= 0.6 is 0 Å². The summed E-state index contributed by atoms with van der Waals surface area (Å²) in [5, 5.41) is 32.5. The third-order valence-electron chi connectivity index (χ3n) is 8.13. The molecular weight excluding hydrogens is 597 g/mol. The van der Waals surface area contributed by atoms with Crippen LogP contribution in [0.15, 0.2) is 60.7 Å². The molecule has 1 fully saturated rings. The van der Waals surface area contributed by atoms with E-state index in [2.05, 4.69) is 17.5 Å². The Morgan fingerprint density at radius 1 is 0.761 bits per heavy atom. The molecule has 0 aromatic heterocycles. The van der Waals surface area contributed by atoms with Crippen LogP contribution in [0.2, 0.25) is 0 Å². The molecule has 11 nitrogen and oxygen atoms in total. The third-order valence-corrected chi connectivity index (χ3v) is 8.13. The summed E-state index contributed by atoms with van der Waals surface area (Å²) in [6, 6.07) is 19.8. The summed E-state index contributed by atoms with van der Waals surface area (Å²) >= 11 is 0. The van der Waals surface area contributed by atoms with Crippen LogP contribution in [0.1, 0.15) is 34.4 Å². The smallest absolute Gasteiger partial charge is 0.184 e. The second-order valence-corrected chi connectivity index (χ2v) is 11.3. The van der Waals surface area contributed by atoms with Crippen LogP contribution < -0.4 is 14.8 Å². The lowest BCUT2D eigenvalue weighted by atomic mass is 9.84. The molecule has 1 saturated heterocycles. The molecule has 0 spiro atoms. The summed E-state index contributed by atoms with van der Waals surface area (Å²) < 4.78 is 52.2. The summed E-state index contributed by atoms with van der Waals surface area (Å²) in [4.78, 5) is 0. The molecule has 2 N–H and O–H groups in total. The fourth-order valence-corrected chi connectivity index (χ4v) is 6.06. The van der Waals surface area contributed by atoms with Gasteiger partial charge in [0.2, 0.25) is 0 Å². The van der Waals surface area contributed by atoms with Crippen LogP contribution in [-0.4, -0.2) is 83.4 Å². The van der Waals surface area contributed by atoms with Gasteiger partial charge in [0.1, 0.15) is 35.6 Å². The van der Waals surface area contributed by atoms with Crippen molar-refractivity contribution in [2.24, 2.45) is 0 Å². The van der Waals surface area contributed by atoms with Crippen LogP contribution in [0.25, 0.3) is 0 Å². The van der Waals surface area contributed by atoms with Gasteiger partial charge in [-0.15, -0.1) is 0 Å². The Labute approximate surface area is 266 Å². The van der Waals surface area contributed by atoms with Gasteiger partial charge < -0.3 is 43.6 Å². The minimum absolute atomic E-state index is 0.0256. The van der Waals surface area contributed by atoms with Gasteiger partial charge >= 0.3 is 0 Å². The molecule has 3 aliphatic rings. The Morgan fingerprint density at radius 2 is 1.26 bits per heavy atom. The number of anilines is 1. The van der Waals surface area contributed by atoms with E-state index in [1.807, 2.05) is 12.1 Å². The number of halogens is 1. The molecule has 3 aliphatic heterocycles. The highest BCUT2D eigenvalue weighted by Crippen LogP contribution is 2.54. The molecule has 242 valence electrons. The van der Waals surface area contributed by atoms with Gasteiger partial charge in [-0.2, -0.15) is 10.5 Å². The number of nitriles is 2. The predicted octanol–water partition coefficient (Wildman–Crippen LogP) is 4.06. The molecule has 0 unspecified atom stereocenters. The normalized spacial score (nSPS) is 22.5.